The molecule has 0 aliphatic carbocycles. The lowest BCUT2D eigenvalue weighted by Crippen LogP contribution is -2.43. The topological polar surface area (TPSA) is 67.9 Å². The highest BCUT2D eigenvalue weighted by Crippen LogP contribution is 2.10. The molecule has 0 aliphatic rings. The smallest absolute Gasteiger partial charge is 0.308 e. The average Bonchev–Trinajstić information content (AvgIpc) is 2.83. The third-order valence-corrected chi connectivity index (χ3v) is 5.51. The first kappa shape index (κ1) is 28.5. The van der Waals surface area contributed by atoms with Gasteiger partial charge in [0.25, 0.3) is 0 Å². The summed E-state index contributed by atoms with van der Waals surface area (Å²) >= 11 is 0. The summed E-state index contributed by atoms with van der Waals surface area (Å²) in [7, 11) is 3.82. The molecule has 0 unspecified atom stereocenters. The second-order valence-electron chi connectivity index (χ2n) is 9.04. The minimum atomic E-state index is -0.321. The van der Waals surface area contributed by atoms with Crippen LogP contribution < -0.4 is 5.32 Å². The van der Waals surface area contributed by atoms with Crippen molar-refractivity contribution in [3.8, 4) is 0 Å². The fourth-order valence-electron chi connectivity index (χ4n) is 3.72. The Labute approximate surface area is 208 Å². The summed E-state index contributed by atoms with van der Waals surface area (Å²) in [6.45, 7) is 1.69. The second-order valence-corrected chi connectivity index (χ2v) is 9.04. The number of unbranched alkanes of at least 4 members (excludes halogenated alkanes) is 4. The number of benzene rings is 2. The van der Waals surface area contributed by atoms with Crippen molar-refractivity contribution in [3.05, 3.63) is 71.5 Å². The molecule has 0 aliphatic heterocycles. The zero-order valence-electron chi connectivity index (χ0n) is 21.0. The van der Waals surface area contributed by atoms with Crippen molar-refractivity contribution in [1.82, 2.24) is 10.2 Å². The Morgan fingerprint density at radius 1 is 0.914 bits per heavy atom. The molecule has 35 heavy (non-hydrogen) atoms. The summed E-state index contributed by atoms with van der Waals surface area (Å²) in [5, 5.41) is 2.98. The molecule has 0 bridgehead atoms. The van der Waals surface area contributed by atoms with Crippen LogP contribution >= 0.6 is 0 Å². The van der Waals surface area contributed by atoms with Crippen LogP contribution in [0.1, 0.15) is 56.1 Å². The number of ether oxygens (including phenoxy) is 2. The normalized spacial score (nSPS) is 11.9. The third-order valence-electron chi connectivity index (χ3n) is 5.51. The molecule has 1 amide bonds. The fraction of sp³-hybridized carbons (Fsp3) is 0.500. The van der Waals surface area contributed by atoms with Crippen molar-refractivity contribution in [2.24, 2.45) is 0 Å². The Morgan fingerprint density at radius 3 is 2.34 bits per heavy atom. The van der Waals surface area contributed by atoms with Gasteiger partial charge in [0.15, 0.2) is 0 Å². The predicted octanol–water partition coefficient (Wildman–Crippen LogP) is 4.86. The number of carbonyl (C=O) groups is 2. The van der Waals surface area contributed by atoms with Crippen LogP contribution in [0.3, 0.4) is 0 Å². The maximum atomic E-state index is 13.5. The summed E-state index contributed by atoms with van der Waals surface area (Å²) < 4.78 is 24.5. The van der Waals surface area contributed by atoms with E-state index in [4.69, 9.17) is 9.47 Å². The summed E-state index contributed by atoms with van der Waals surface area (Å²) in [5.74, 6) is -0.596. The van der Waals surface area contributed by atoms with E-state index in [1.807, 2.05) is 49.3 Å². The van der Waals surface area contributed by atoms with E-state index in [2.05, 4.69) is 5.32 Å². The van der Waals surface area contributed by atoms with Gasteiger partial charge in [-0.05, 0) is 38.6 Å². The van der Waals surface area contributed by atoms with Crippen molar-refractivity contribution in [1.29, 1.82) is 0 Å². The van der Waals surface area contributed by atoms with Crippen molar-refractivity contribution in [2.45, 2.75) is 64.2 Å². The summed E-state index contributed by atoms with van der Waals surface area (Å²) in [6, 6.07) is 15.9. The number of hydrogen-bond acceptors (Lipinski definition) is 5. The number of nitrogens with zero attached hydrogens (tertiary/aromatic N) is 1. The van der Waals surface area contributed by atoms with Gasteiger partial charge in [-0.1, -0.05) is 67.8 Å². The minimum Gasteiger partial charge on any atom is -0.461 e. The number of rotatable bonds is 17. The van der Waals surface area contributed by atoms with Gasteiger partial charge in [-0.3, -0.25) is 9.59 Å². The lowest BCUT2D eigenvalue weighted by atomic mass is 10.1. The van der Waals surface area contributed by atoms with Gasteiger partial charge in [-0.25, -0.2) is 4.39 Å². The highest BCUT2D eigenvalue weighted by Gasteiger charge is 2.18. The van der Waals surface area contributed by atoms with E-state index >= 15 is 0 Å². The molecule has 1 N–H and O–H groups in total. The number of halogens is 1. The standard InChI is InChI=1S/C28H39FN2O4/c1-31(2)20-25(19-28(33)35-21-23-13-7-6-8-14-23)30-27(32)17-9-4-3-5-12-18-34-22-24-15-10-11-16-26(24)29/h6-8,10-11,13-16,25H,3-5,9,12,17-22H2,1-2H3,(H,30,32)/t25-/m1/s1. The van der Waals surface area contributed by atoms with E-state index in [1.165, 1.54) is 6.07 Å². The first-order valence-corrected chi connectivity index (χ1v) is 12.4. The number of carbonyl (C=O) groups excluding carboxylic acids is 2. The van der Waals surface area contributed by atoms with E-state index in [9.17, 15) is 14.0 Å². The van der Waals surface area contributed by atoms with Crippen molar-refractivity contribution in [3.63, 3.8) is 0 Å². The van der Waals surface area contributed by atoms with Crippen molar-refractivity contribution >= 4 is 11.9 Å². The van der Waals surface area contributed by atoms with Gasteiger partial charge in [0.05, 0.1) is 19.1 Å². The molecule has 0 heterocycles. The lowest BCUT2D eigenvalue weighted by molar-refractivity contribution is -0.145. The molecule has 0 aromatic heterocycles. The lowest BCUT2D eigenvalue weighted by Gasteiger charge is -2.22. The molecule has 2 aromatic rings. The van der Waals surface area contributed by atoms with Gasteiger partial charge in [0.2, 0.25) is 5.91 Å². The first-order chi connectivity index (χ1) is 16.9. The summed E-state index contributed by atoms with van der Waals surface area (Å²) in [4.78, 5) is 26.6. The molecule has 0 radical (unpaired) electrons. The Morgan fingerprint density at radius 2 is 1.60 bits per heavy atom. The highest BCUT2D eigenvalue weighted by atomic mass is 19.1. The van der Waals surface area contributed by atoms with Gasteiger partial charge < -0.3 is 19.7 Å². The monoisotopic (exact) mass is 486 g/mol. The number of likely N-dealkylation sites (N-methyl/N-ethyl adjacent to an activating group) is 1. The van der Waals surface area contributed by atoms with Gasteiger partial charge >= 0.3 is 5.97 Å². The van der Waals surface area contributed by atoms with Crippen molar-refractivity contribution < 1.29 is 23.5 Å². The van der Waals surface area contributed by atoms with Crippen LogP contribution in [0.2, 0.25) is 0 Å². The zero-order chi connectivity index (χ0) is 25.3. The Balaban J connectivity index is 1.55. The van der Waals surface area contributed by atoms with E-state index in [0.717, 1.165) is 37.7 Å². The quantitative estimate of drug-likeness (QED) is 0.255. The fourth-order valence-corrected chi connectivity index (χ4v) is 3.72. The maximum Gasteiger partial charge on any atom is 0.308 e. The number of amides is 1. The average molecular weight is 487 g/mol. The zero-order valence-corrected chi connectivity index (χ0v) is 21.0. The second kappa shape index (κ2) is 16.8. The Hall–Kier alpha value is -2.77. The number of nitrogens with one attached hydrogen (secondary N) is 1. The van der Waals surface area contributed by atoms with Crippen LogP contribution in [0.15, 0.2) is 54.6 Å². The van der Waals surface area contributed by atoms with Crippen LogP contribution in [0.4, 0.5) is 4.39 Å². The first-order valence-electron chi connectivity index (χ1n) is 12.4. The Bertz CT molecular complexity index is 876. The number of hydrogen-bond donors (Lipinski definition) is 1. The molecule has 0 saturated heterocycles. The summed E-state index contributed by atoms with van der Waals surface area (Å²) in [5.41, 5.74) is 1.52. The molecule has 2 rings (SSSR count). The molecule has 7 heteroatoms. The molecule has 6 nitrogen and oxygen atoms in total. The van der Waals surface area contributed by atoms with Crippen LogP contribution in [-0.4, -0.2) is 50.1 Å². The van der Waals surface area contributed by atoms with Crippen LogP contribution in [0.25, 0.3) is 0 Å². The molecule has 0 fully saturated rings. The molecular formula is C28H39FN2O4. The largest absolute Gasteiger partial charge is 0.461 e. The van der Waals surface area contributed by atoms with E-state index < -0.39 is 0 Å². The molecule has 0 saturated carbocycles. The molecule has 0 spiro atoms. The van der Waals surface area contributed by atoms with Crippen molar-refractivity contribution in [2.75, 3.05) is 27.2 Å². The minimum absolute atomic E-state index is 0.0408. The van der Waals surface area contributed by atoms with Crippen LogP contribution in [0, 0.1) is 5.82 Å². The molecule has 2 aromatic carbocycles. The van der Waals surface area contributed by atoms with Crippen LogP contribution in [-0.2, 0) is 32.3 Å². The Kier molecular flexibility index (Phi) is 13.7. The predicted molar refractivity (Wildman–Crippen MR) is 135 cm³/mol. The molecular weight excluding hydrogens is 447 g/mol. The van der Waals surface area contributed by atoms with E-state index in [1.54, 1.807) is 18.2 Å². The maximum absolute atomic E-state index is 13.5. The highest BCUT2D eigenvalue weighted by molar-refractivity contribution is 5.77. The van der Waals surface area contributed by atoms with Gasteiger partial charge in [0.1, 0.15) is 12.4 Å². The molecule has 192 valence electrons. The van der Waals surface area contributed by atoms with Gasteiger partial charge in [-0.2, -0.15) is 0 Å². The van der Waals surface area contributed by atoms with Gasteiger partial charge in [-0.15, -0.1) is 0 Å². The van der Waals surface area contributed by atoms with E-state index in [0.29, 0.717) is 31.7 Å². The number of esters is 1. The third kappa shape index (κ3) is 13.0. The van der Waals surface area contributed by atoms with E-state index in [-0.39, 0.29) is 36.8 Å². The van der Waals surface area contributed by atoms with Gasteiger partial charge in [0, 0.05) is 25.1 Å². The van der Waals surface area contributed by atoms with Crippen LogP contribution in [0.5, 0.6) is 0 Å². The molecule has 1 atom stereocenters. The SMILES string of the molecule is CN(C)C[C@@H](CC(=O)OCc1ccccc1)NC(=O)CCCCCCCOCc1ccccc1F. The summed E-state index contributed by atoms with van der Waals surface area (Å²) in [6.07, 6.45) is 5.28.